The molecule has 0 bridgehead atoms. The van der Waals surface area contributed by atoms with Gasteiger partial charge in [-0.15, -0.1) is 0 Å². The summed E-state index contributed by atoms with van der Waals surface area (Å²) in [6.07, 6.45) is 1.52. The number of hydrogen-bond acceptors (Lipinski definition) is 5. The molecule has 0 amide bonds. The van der Waals surface area contributed by atoms with Gasteiger partial charge in [0.1, 0.15) is 5.75 Å². The lowest BCUT2D eigenvalue weighted by molar-refractivity contribution is 0.0515. The van der Waals surface area contributed by atoms with Crippen LogP contribution in [0.4, 0.5) is 0 Å². The van der Waals surface area contributed by atoms with Crippen molar-refractivity contribution in [2.75, 3.05) is 39.1 Å². The molecule has 3 aromatic rings. The van der Waals surface area contributed by atoms with Crippen molar-refractivity contribution in [3.8, 4) is 5.75 Å². The smallest absolute Gasteiger partial charge is 0.213 e. The second-order valence-electron chi connectivity index (χ2n) is 9.87. The van der Waals surface area contributed by atoms with Crippen molar-refractivity contribution >= 4 is 20.9 Å². The van der Waals surface area contributed by atoms with Crippen molar-refractivity contribution in [2.24, 2.45) is 7.05 Å². The molecule has 0 saturated carbocycles. The molecule has 1 N–H and O–H groups in total. The Bertz CT molecular complexity index is 1310. The van der Waals surface area contributed by atoms with Crippen LogP contribution in [-0.2, 0) is 29.0 Å². The van der Waals surface area contributed by atoms with E-state index in [0.29, 0.717) is 13.1 Å². The van der Waals surface area contributed by atoms with Gasteiger partial charge >= 0.3 is 0 Å². The summed E-state index contributed by atoms with van der Waals surface area (Å²) in [6, 6.07) is 16.4. The van der Waals surface area contributed by atoms with Gasteiger partial charge in [0, 0.05) is 55.8 Å². The molecule has 0 radical (unpaired) electrons. The molecule has 2 aliphatic heterocycles. The van der Waals surface area contributed by atoms with E-state index in [1.165, 1.54) is 16.5 Å². The van der Waals surface area contributed by atoms with Gasteiger partial charge in [0.15, 0.2) is 0 Å². The second kappa shape index (κ2) is 9.24. The van der Waals surface area contributed by atoms with Crippen LogP contribution in [0.15, 0.2) is 48.5 Å². The van der Waals surface area contributed by atoms with E-state index < -0.39 is 10.0 Å². The first-order chi connectivity index (χ1) is 16.8. The summed E-state index contributed by atoms with van der Waals surface area (Å²) < 4.78 is 34.6. The molecule has 1 fully saturated rings. The summed E-state index contributed by atoms with van der Waals surface area (Å²) in [7, 11) is 0.523. The van der Waals surface area contributed by atoms with Gasteiger partial charge in [0.05, 0.1) is 31.0 Å². The lowest BCUT2D eigenvalue weighted by atomic mass is 9.68. The standard InChI is InChI=1S/C27H35N3O4S/c1-4-35(32,33)30-14-12-27(13-15-30)19-29(17-20-8-6-5-7-9-20)24(18-31)26-25(27)22-11-10-21(34-3)16-23(22)28(26)2/h5-11,16,24,31H,4,12-15,17-19H2,1-3H3/t24-/m0/s1. The highest BCUT2D eigenvalue weighted by Gasteiger charge is 2.49. The monoisotopic (exact) mass is 497 g/mol. The molecule has 1 aromatic heterocycles. The highest BCUT2D eigenvalue weighted by atomic mass is 32.2. The van der Waals surface area contributed by atoms with Crippen LogP contribution in [0, 0.1) is 0 Å². The van der Waals surface area contributed by atoms with Crippen LogP contribution in [0.25, 0.3) is 10.9 Å². The SMILES string of the molecule is CCS(=O)(=O)N1CCC2(CC1)CN(Cc1ccccc1)[C@@H](CO)c1c2c2ccc(OC)cc2n1C. The summed E-state index contributed by atoms with van der Waals surface area (Å²) >= 11 is 0. The molecule has 0 aliphatic carbocycles. The van der Waals surface area contributed by atoms with Gasteiger partial charge in [-0.1, -0.05) is 30.3 Å². The van der Waals surface area contributed by atoms with Crippen LogP contribution in [0.5, 0.6) is 5.75 Å². The topological polar surface area (TPSA) is 75.0 Å². The molecule has 8 heteroatoms. The number of rotatable bonds is 6. The molecule has 7 nitrogen and oxygen atoms in total. The normalized spacial score (nSPS) is 20.9. The van der Waals surface area contributed by atoms with E-state index in [0.717, 1.165) is 42.9 Å². The third-order valence-electron chi connectivity index (χ3n) is 8.08. The number of piperidine rings is 1. The van der Waals surface area contributed by atoms with Gasteiger partial charge in [-0.2, -0.15) is 0 Å². The molecule has 3 heterocycles. The average Bonchev–Trinajstić information content (AvgIpc) is 3.18. The van der Waals surface area contributed by atoms with Crippen LogP contribution < -0.4 is 4.74 Å². The van der Waals surface area contributed by atoms with Crippen LogP contribution in [0.1, 0.15) is 42.6 Å². The number of fused-ring (bicyclic) bond motifs is 4. The van der Waals surface area contributed by atoms with E-state index in [1.807, 2.05) is 24.3 Å². The molecule has 0 unspecified atom stereocenters. The molecular formula is C27H35N3O4S. The molecule has 35 heavy (non-hydrogen) atoms. The lowest BCUT2D eigenvalue weighted by Gasteiger charge is -2.50. The van der Waals surface area contributed by atoms with Crippen molar-refractivity contribution in [1.82, 2.24) is 13.8 Å². The lowest BCUT2D eigenvalue weighted by Crippen LogP contribution is -2.54. The van der Waals surface area contributed by atoms with Gasteiger partial charge in [0.2, 0.25) is 10.0 Å². The van der Waals surface area contributed by atoms with E-state index >= 15 is 0 Å². The Morgan fingerprint density at radius 1 is 1.11 bits per heavy atom. The Kier molecular flexibility index (Phi) is 6.42. The summed E-state index contributed by atoms with van der Waals surface area (Å²) in [4.78, 5) is 2.39. The average molecular weight is 498 g/mol. The fourth-order valence-electron chi connectivity index (χ4n) is 6.23. The van der Waals surface area contributed by atoms with Gasteiger partial charge in [0.25, 0.3) is 0 Å². The summed E-state index contributed by atoms with van der Waals surface area (Å²) in [5.74, 6) is 0.932. The molecule has 5 rings (SSSR count). The van der Waals surface area contributed by atoms with E-state index in [9.17, 15) is 13.5 Å². The first-order valence-electron chi connectivity index (χ1n) is 12.4. The fourth-order valence-corrected chi connectivity index (χ4v) is 7.33. The Labute approximate surface area is 208 Å². The molecule has 2 aliphatic rings. The van der Waals surface area contributed by atoms with Crippen LogP contribution in [0.2, 0.25) is 0 Å². The van der Waals surface area contributed by atoms with Crippen molar-refractivity contribution < 1.29 is 18.3 Å². The Morgan fingerprint density at radius 2 is 1.83 bits per heavy atom. The first kappa shape index (κ1) is 24.3. The van der Waals surface area contributed by atoms with Crippen molar-refractivity contribution in [2.45, 2.75) is 37.8 Å². The van der Waals surface area contributed by atoms with E-state index in [1.54, 1.807) is 18.3 Å². The number of benzene rings is 2. The number of sulfonamides is 1. The van der Waals surface area contributed by atoms with Gasteiger partial charge < -0.3 is 14.4 Å². The van der Waals surface area contributed by atoms with Crippen LogP contribution in [-0.4, -0.2) is 66.4 Å². The van der Waals surface area contributed by atoms with Crippen molar-refractivity contribution in [3.05, 3.63) is 65.4 Å². The molecule has 1 spiro atoms. The minimum atomic E-state index is -3.22. The number of aromatic nitrogens is 1. The summed E-state index contributed by atoms with van der Waals surface area (Å²) in [6.45, 7) is 4.29. The van der Waals surface area contributed by atoms with Crippen molar-refractivity contribution in [3.63, 3.8) is 0 Å². The van der Waals surface area contributed by atoms with Gasteiger partial charge in [-0.3, -0.25) is 4.90 Å². The molecular weight excluding hydrogens is 462 g/mol. The zero-order chi connectivity index (χ0) is 24.8. The maximum Gasteiger partial charge on any atom is 0.213 e. The Morgan fingerprint density at radius 3 is 2.46 bits per heavy atom. The summed E-state index contributed by atoms with van der Waals surface area (Å²) in [5, 5.41) is 11.8. The molecule has 1 atom stereocenters. The Hall–Kier alpha value is -2.39. The second-order valence-corrected chi connectivity index (χ2v) is 12.1. The van der Waals surface area contributed by atoms with E-state index in [-0.39, 0.29) is 23.8 Å². The maximum absolute atomic E-state index is 12.6. The highest BCUT2D eigenvalue weighted by molar-refractivity contribution is 7.89. The van der Waals surface area contributed by atoms with Crippen LogP contribution >= 0.6 is 0 Å². The number of aliphatic hydroxyl groups excluding tert-OH is 1. The minimum Gasteiger partial charge on any atom is -0.497 e. The highest BCUT2D eigenvalue weighted by Crippen LogP contribution is 2.50. The minimum absolute atomic E-state index is 0.0214. The Balaban J connectivity index is 1.65. The van der Waals surface area contributed by atoms with Gasteiger partial charge in [-0.05, 0) is 43.0 Å². The third kappa shape index (κ3) is 4.06. The maximum atomic E-state index is 12.6. The summed E-state index contributed by atoms with van der Waals surface area (Å²) in [5.41, 5.74) is 4.50. The number of methoxy groups -OCH3 is 1. The molecule has 1 saturated heterocycles. The number of aryl methyl sites for hydroxylation is 1. The van der Waals surface area contributed by atoms with Gasteiger partial charge in [-0.25, -0.2) is 12.7 Å². The number of hydrogen-bond donors (Lipinski definition) is 1. The number of aliphatic hydroxyl groups is 1. The zero-order valence-electron chi connectivity index (χ0n) is 20.8. The predicted octanol–water partition coefficient (Wildman–Crippen LogP) is 3.42. The molecule has 2 aromatic carbocycles. The van der Waals surface area contributed by atoms with Crippen molar-refractivity contribution in [1.29, 1.82) is 0 Å². The largest absolute Gasteiger partial charge is 0.497 e. The van der Waals surface area contributed by atoms with Crippen LogP contribution in [0.3, 0.4) is 0 Å². The fraction of sp³-hybridized carbons (Fsp3) is 0.481. The predicted molar refractivity (Wildman–Crippen MR) is 138 cm³/mol. The van der Waals surface area contributed by atoms with E-state index in [2.05, 4.69) is 40.8 Å². The quantitative estimate of drug-likeness (QED) is 0.565. The first-order valence-corrected chi connectivity index (χ1v) is 14.0. The third-order valence-corrected chi connectivity index (χ3v) is 9.97. The van der Waals surface area contributed by atoms with E-state index in [4.69, 9.17) is 4.74 Å². The molecule has 188 valence electrons. The zero-order valence-corrected chi connectivity index (χ0v) is 21.6. The number of nitrogens with zero attached hydrogens (tertiary/aromatic N) is 3. The number of ether oxygens (including phenoxy) is 1.